The second-order valence-electron chi connectivity index (χ2n) is 8.30. The Morgan fingerprint density at radius 2 is 1.44 bits per heavy atom. The number of hydrogen-bond donors (Lipinski definition) is 1. The summed E-state index contributed by atoms with van der Waals surface area (Å²) in [4.78, 5) is 16.9. The van der Waals surface area contributed by atoms with Gasteiger partial charge < -0.3 is 15.1 Å². The van der Waals surface area contributed by atoms with Gasteiger partial charge in [0.2, 0.25) is 5.91 Å². The van der Waals surface area contributed by atoms with Crippen LogP contribution in [0.3, 0.4) is 0 Å². The summed E-state index contributed by atoms with van der Waals surface area (Å²) in [5.41, 5.74) is 0.241. The van der Waals surface area contributed by atoms with Gasteiger partial charge in [-0.3, -0.25) is 4.79 Å². The molecule has 4 fully saturated rings. The highest BCUT2D eigenvalue weighted by molar-refractivity contribution is 7.86. The minimum absolute atomic E-state index is 0. The predicted octanol–water partition coefficient (Wildman–Crippen LogP) is -0.566. The predicted molar refractivity (Wildman–Crippen MR) is 106 cm³/mol. The molecule has 1 unspecified atom stereocenters. The topological polar surface area (TPSA) is 76.2 Å². The molecule has 0 radical (unpaired) electrons. The van der Waals surface area contributed by atoms with E-state index in [4.69, 9.17) is 0 Å². The van der Waals surface area contributed by atoms with E-state index >= 15 is 0 Å². The van der Waals surface area contributed by atoms with Gasteiger partial charge in [-0.1, -0.05) is 0 Å². The smallest absolute Gasteiger partial charge is 0.282 e. The lowest BCUT2D eigenvalue weighted by Crippen LogP contribution is -2.57. The molecule has 1 amide bonds. The second kappa shape index (κ2) is 8.12. The van der Waals surface area contributed by atoms with E-state index in [2.05, 4.69) is 10.2 Å². The molecule has 3 saturated heterocycles. The van der Waals surface area contributed by atoms with Gasteiger partial charge in [-0.05, 0) is 44.8 Å². The number of likely N-dealkylation sites (N-methyl/N-ethyl adjacent to an activating group) is 1. The zero-order valence-electron chi connectivity index (χ0n) is 16.1. The van der Waals surface area contributed by atoms with E-state index in [9.17, 15) is 13.2 Å². The molecule has 1 aliphatic carbocycles. The summed E-state index contributed by atoms with van der Waals surface area (Å²) in [5.74, 6) is 0.425. The molecule has 1 spiro atoms. The average molecular weight is 422 g/mol. The number of carbonyl (C=O) groups is 1. The molecule has 0 aromatic rings. The van der Waals surface area contributed by atoms with Crippen molar-refractivity contribution >= 4 is 28.5 Å². The molecule has 10 heteroatoms. The molecule has 1 atom stereocenters. The summed E-state index contributed by atoms with van der Waals surface area (Å²) in [6.07, 6.45) is 3.22. The first-order valence-corrected chi connectivity index (χ1v) is 11.3. The molecule has 1 N–H and O–H groups in total. The van der Waals surface area contributed by atoms with Gasteiger partial charge in [-0.25, -0.2) is 0 Å². The number of nitrogens with one attached hydrogen (secondary N) is 1. The van der Waals surface area contributed by atoms with E-state index in [-0.39, 0.29) is 29.6 Å². The molecule has 3 aliphatic heterocycles. The van der Waals surface area contributed by atoms with Crippen LogP contribution >= 0.6 is 12.4 Å². The first-order chi connectivity index (χ1) is 12.4. The number of rotatable bonds is 3. The maximum atomic E-state index is 12.8. The van der Waals surface area contributed by atoms with Gasteiger partial charge in [0.1, 0.15) is 0 Å². The maximum absolute atomic E-state index is 12.8. The van der Waals surface area contributed by atoms with Gasteiger partial charge in [0.15, 0.2) is 0 Å². The summed E-state index contributed by atoms with van der Waals surface area (Å²) in [6, 6.07) is 0. The molecule has 27 heavy (non-hydrogen) atoms. The van der Waals surface area contributed by atoms with Crippen LogP contribution in [0.1, 0.15) is 19.3 Å². The Labute approximate surface area is 168 Å². The summed E-state index contributed by atoms with van der Waals surface area (Å²) in [7, 11) is -1.38. The third-order valence-corrected chi connectivity index (χ3v) is 8.79. The highest BCUT2D eigenvalue weighted by Gasteiger charge is 2.58. The summed E-state index contributed by atoms with van der Waals surface area (Å²) >= 11 is 0. The van der Waals surface area contributed by atoms with Crippen LogP contribution in [0.2, 0.25) is 0 Å². The number of carbonyl (C=O) groups excluding carboxylic acids is 1. The first kappa shape index (κ1) is 21.3. The van der Waals surface area contributed by atoms with Crippen LogP contribution in [0.5, 0.6) is 0 Å². The normalized spacial score (nSPS) is 30.1. The fraction of sp³-hybridized carbons (Fsp3) is 0.941. The molecule has 0 aromatic heterocycles. The van der Waals surface area contributed by atoms with Crippen LogP contribution in [-0.4, -0.2) is 105 Å². The molecule has 1 saturated carbocycles. The Morgan fingerprint density at radius 3 is 2.00 bits per heavy atom. The van der Waals surface area contributed by atoms with Gasteiger partial charge in [0.05, 0.1) is 0 Å². The number of amides is 1. The molecule has 156 valence electrons. The molecule has 0 aromatic carbocycles. The van der Waals surface area contributed by atoms with Crippen molar-refractivity contribution in [2.45, 2.75) is 19.3 Å². The van der Waals surface area contributed by atoms with E-state index in [1.807, 2.05) is 11.9 Å². The van der Waals surface area contributed by atoms with Crippen LogP contribution in [0.25, 0.3) is 0 Å². The monoisotopic (exact) mass is 421 g/mol. The Morgan fingerprint density at radius 1 is 0.926 bits per heavy atom. The summed E-state index contributed by atoms with van der Waals surface area (Å²) in [6.45, 7) is 6.57. The van der Waals surface area contributed by atoms with Crippen LogP contribution in [0, 0.1) is 11.3 Å². The molecule has 8 nitrogen and oxygen atoms in total. The van der Waals surface area contributed by atoms with Crippen LogP contribution in [-0.2, 0) is 15.0 Å². The second-order valence-corrected chi connectivity index (χ2v) is 10.2. The summed E-state index contributed by atoms with van der Waals surface area (Å²) < 4.78 is 28.8. The van der Waals surface area contributed by atoms with E-state index in [0.29, 0.717) is 39.3 Å². The van der Waals surface area contributed by atoms with Crippen molar-refractivity contribution in [1.82, 2.24) is 23.7 Å². The van der Waals surface area contributed by atoms with E-state index < -0.39 is 10.2 Å². The Hall–Kier alpha value is -0.450. The highest BCUT2D eigenvalue weighted by atomic mass is 35.5. The molecule has 0 bridgehead atoms. The van der Waals surface area contributed by atoms with E-state index in [0.717, 1.165) is 45.4 Å². The van der Waals surface area contributed by atoms with Crippen molar-refractivity contribution in [3.63, 3.8) is 0 Å². The lowest BCUT2D eigenvalue weighted by Gasteiger charge is -2.39. The zero-order valence-corrected chi connectivity index (χ0v) is 17.7. The molecule has 3 heterocycles. The third-order valence-electron chi connectivity index (χ3n) is 6.75. The summed E-state index contributed by atoms with van der Waals surface area (Å²) in [5, 5.41) is 3.37. The van der Waals surface area contributed by atoms with Crippen molar-refractivity contribution in [2.75, 3.05) is 72.5 Å². The third kappa shape index (κ3) is 4.13. The molecule has 4 aliphatic rings. The zero-order chi connectivity index (χ0) is 18.4. The minimum atomic E-state index is -3.40. The largest absolute Gasteiger partial charge is 0.340 e. The SMILES string of the molecule is CN1CCN(S(=O)(=O)N2CCN(C(=O)C3CC34CCNCC4)CC2)CC1.Cl. The van der Waals surface area contributed by atoms with Gasteiger partial charge in [-0.2, -0.15) is 17.0 Å². The van der Waals surface area contributed by atoms with E-state index in [1.165, 1.54) is 0 Å². The lowest BCUT2D eigenvalue weighted by molar-refractivity contribution is -0.134. The quantitative estimate of drug-likeness (QED) is 0.660. The fourth-order valence-corrected chi connectivity index (χ4v) is 6.29. The Balaban J connectivity index is 0.00000210. The number of piperazine rings is 2. The minimum Gasteiger partial charge on any atom is -0.340 e. The number of hydrogen-bond acceptors (Lipinski definition) is 5. The number of nitrogens with zero attached hydrogens (tertiary/aromatic N) is 4. The maximum Gasteiger partial charge on any atom is 0.282 e. The standard InChI is InChI=1S/C17H31N5O3S.ClH/c1-19-6-10-21(11-7-19)26(24,25)22-12-8-20(9-13-22)16(23)15-14-17(15)2-4-18-5-3-17;/h15,18H,2-14H2,1H3;1H. The average Bonchev–Trinajstić information content (AvgIpc) is 3.35. The first-order valence-electron chi connectivity index (χ1n) is 9.86. The highest BCUT2D eigenvalue weighted by Crippen LogP contribution is 2.59. The number of halogens is 1. The van der Waals surface area contributed by atoms with Crippen LogP contribution in [0.4, 0.5) is 0 Å². The van der Waals surface area contributed by atoms with Crippen molar-refractivity contribution in [3.8, 4) is 0 Å². The molecular formula is C17H32ClN5O3S. The van der Waals surface area contributed by atoms with Gasteiger partial charge in [-0.15, -0.1) is 12.4 Å². The Kier molecular flexibility index (Phi) is 6.39. The fourth-order valence-electron chi connectivity index (χ4n) is 4.72. The van der Waals surface area contributed by atoms with Crippen molar-refractivity contribution in [2.24, 2.45) is 11.3 Å². The van der Waals surface area contributed by atoms with E-state index in [1.54, 1.807) is 8.61 Å². The van der Waals surface area contributed by atoms with Crippen molar-refractivity contribution in [3.05, 3.63) is 0 Å². The van der Waals surface area contributed by atoms with Gasteiger partial charge in [0, 0.05) is 58.3 Å². The van der Waals surface area contributed by atoms with Crippen molar-refractivity contribution in [1.29, 1.82) is 0 Å². The number of piperidine rings is 1. The Bertz CT molecular complexity index is 639. The molecular weight excluding hydrogens is 390 g/mol. The lowest BCUT2D eigenvalue weighted by atomic mass is 9.91. The van der Waals surface area contributed by atoms with Gasteiger partial charge >= 0.3 is 0 Å². The van der Waals surface area contributed by atoms with Crippen LogP contribution in [0.15, 0.2) is 0 Å². The van der Waals surface area contributed by atoms with Crippen LogP contribution < -0.4 is 5.32 Å². The molecule has 4 rings (SSSR count). The van der Waals surface area contributed by atoms with Crippen molar-refractivity contribution < 1.29 is 13.2 Å². The van der Waals surface area contributed by atoms with Gasteiger partial charge in [0.25, 0.3) is 10.2 Å².